The van der Waals surface area contributed by atoms with Crippen LogP contribution >= 0.6 is 0 Å². The van der Waals surface area contributed by atoms with Gasteiger partial charge in [0.15, 0.2) is 12.4 Å². The van der Waals surface area contributed by atoms with E-state index < -0.39 is 0 Å². The van der Waals surface area contributed by atoms with E-state index in [4.69, 9.17) is 0 Å². The van der Waals surface area contributed by atoms with Crippen molar-refractivity contribution in [3.63, 3.8) is 0 Å². The van der Waals surface area contributed by atoms with Crippen molar-refractivity contribution >= 4 is 0 Å². The summed E-state index contributed by atoms with van der Waals surface area (Å²) in [4.78, 5) is 0. The van der Waals surface area contributed by atoms with Crippen LogP contribution in [-0.4, -0.2) is 0 Å². The van der Waals surface area contributed by atoms with Gasteiger partial charge in [0.2, 0.25) is 0 Å². The number of aryl methyl sites for hydroxylation is 1. The highest BCUT2D eigenvalue weighted by Crippen LogP contribution is 2.42. The second-order valence-corrected chi connectivity index (χ2v) is 7.48. The molecule has 17 heavy (non-hydrogen) atoms. The van der Waals surface area contributed by atoms with Crippen molar-refractivity contribution in [1.29, 1.82) is 0 Å². The second-order valence-electron chi connectivity index (χ2n) is 7.48. The Labute approximate surface area is 107 Å². The first-order valence-electron chi connectivity index (χ1n) is 6.55. The molecule has 0 bridgehead atoms. The van der Waals surface area contributed by atoms with Gasteiger partial charge in [0.1, 0.15) is 7.05 Å². The molecule has 0 N–H and O–H groups in total. The Kier molecular flexibility index (Phi) is 4.01. The molecule has 96 valence electrons. The van der Waals surface area contributed by atoms with Gasteiger partial charge in [-0.15, -0.1) is 0 Å². The Morgan fingerprint density at radius 2 is 1.47 bits per heavy atom. The first kappa shape index (κ1) is 14.2. The fourth-order valence-corrected chi connectivity index (χ4v) is 2.28. The molecule has 0 aliphatic rings. The van der Waals surface area contributed by atoms with Crippen molar-refractivity contribution in [3.8, 4) is 0 Å². The maximum Gasteiger partial charge on any atom is 0.168 e. The third-order valence-corrected chi connectivity index (χ3v) is 3.27. The predicted octanol–water partition coefficient (Wildman–Crippen LogP) is 4.08. The van der Waals surface area contributed by atoms with E-state index in [2.05, 4.69) is 77.7 Å². The Morgan fingerprint density at radius 1 is 1.00 bits per heavy atom. The van der Waals surface area contributed by atoms with E-state index in [-0.39, 0.29) is 0 Å². The minimum absolute atomic E-state index is 0.313. The summed E-state index contributed by atoms with van der Waals surface area (Å²) in [7, 11) is 2.07. The number of pyridine rings is 1. The zero-order chi connectivity index (χ0) is 13.3. The minimum atomic E-state index is 0.313. The molecule has 0 radical (unpaired) electrons. The topological polar surface area (TPSA) is 3.88 Å². The number of hydrogen-bond donors (Lipinski definition) is 0. The van der Waals surface area contributed by atoms with Gasteiger partial charge in [0, 0.05) is 12.1 Å². The standard InChI is InChI=1S/C16H28N/c1-15(2,3)12-14(16(4,5)6)13-8-10-17(7)11-9-13/h8-11,14H,12H2,1-7H3/q+1. The molecular weight excluding hydrogens is 206 g/mol. The summed E-state index contributed by atoms with van der Waals surface area (Å²) in [6.45, 7) is 14.0. The van der Waals surface area contributed by atoms with Crippen molar-refractivity contribution in [2.75, 3.05) is 0 Å². The van der Waals surface area contributed by atoms with Gasteiger partial charge in [0.25, 0.3) is 0 Å². The molecule has 0 saturated carbocycles. The molecular formula is C16H28N+. The van der Waals surface area contributed by atoms with Gasteiger partial charge in [-0.2, -0.15) is 0 Å². The minimum Gasteiger partial charge on any atom is -0.208 e. The van der Waals surface area contributed by atoms with E-state index in [1.165, 1.54) is 12.0 Å². The average molecular weight is 234 g/mol. The highest BCUT2D eigenvalue weighted by atomic mass is 14.9. The summed E-state index contributed by atoms with van der Waals surface area (Å²) in [5, 5.41) is 0. The molecule has 1 aromatic rings. The van der Waals surface area contributed by atoms with E-state index in [1.807, 2.05) is 0 Å². The van der Waals surface area contributed by atoms with Crippen LogP contribution in [0.5, 0.6) is 0 Å². The lowest BCUT2D eigenvalue weighted by Crippen LogP contribution is -2.28. The summed E-state index contributed by atoms with van der Waals surface area (Å²) in [5.41, 5.74) is 2.15. The molecule has 0 amide bonds. The summed E-state index contributed by atoms with van der Waals surface area (Å²) in [5.74, 6) is 0.615. The van der Waals surface area contributed by atoms with Crippen LogP contribution in [-0.2, 0) is 7.05 Å². The molecule has 0 saturated heterocycles. The Bertz CT molecular complexity index is 349. The van der Waals surface area contributed by atoms with Crippen LogP contribution in [0.25, 0.3) is 0 Å². The van der Waals surface area contributed by atoms with Crippen LogP contribution in [0.4, 0.5) is 0 Å². The Balaban J connectivity index is 3.03. The lowest BCUT2D eigenvalue weighted by atomic mass is 9.69. The van der Waals surface area contributed by atoms with Crippen molar-refractivity contribution in [1.82, 2.24) is 0 Å². The van der Waals surface area contributed by atoms with Gasteiger partial charge in [-0.25, -0.2) is 4.57 Å². The van der Waals surface area contributed by atoms with Crippen LogP contribution in [0.2, 0.25) is 0 Å². The lowest BCUT2D eigenvalue weighted by molar-refractivity contribution is -0.671. The Morgan fingerprint density at radius 3 is 1.82 bits per heavy atom. The normalized spacial score (nSPS) is 14.8. The van der Waals surface area contributed by atoms with E-state index in [0.717, 1.165) is 0 Å². The highest BCUT2D eigenvalue weighted by molar-refractivity contribution is 5.17. The third-order valence-electron chi connectivity index (χ3n) is 3.27. The Hall–Kier alpha value is -0.850. The van der Waals surface area contributed by atoms with E-state index in [1.54, 1.807) is 0 Å². The number of nitrogens with zero attached hydrogens (tertiary/aromatic N) is 1. The molecule has 1 nitrogen and oxygen atoms in total. The fraction of sp³-hybridized carbons (Fsp3) is 0.688. The quantitative estimate of drug-likeness (QED) is 0.679. The van der Waals surface area contributed by atoms with Crippen molar-refractivity contribution in [2.24, 2.45) is 17.9 Å². The first-order chi connectivity index (χ1) is 7.59. The first-order valence-corrected chi connectivity index (χ1v) is 6.55. The summed E-state index contributed by atoms with van der Waals surface area (Å²) in [6.07, 6.45) is 5.53. The molecule has 0 aliphatic carbocycles. The van der Waals surface area contributed by atoms with Crippen LogP contribution in [0.15, 0.2) is 24.5 Å². The number of rotatable bonds is 2. The fourth-order valence-electron chi connectivity index (χ4n) is 2.28. The van der Waals surface area contributed by atoms with Crippen LogP contribution in [0, 0.1) is 10.8 Å². The van der Waals surface area contributed by atoms with Crippen molar-refractivity contribution in [3.05, 3.63) is 30.1 Å². The zero-order valence-corrected chi connectivity index (χ0v) is 12.5. The van der Waals surface area contributed by atoms with Crippen LogP contribution < -0.4 is 4.57 Å². The van der Waals surface area contributed by atoms with E-state index >= 15 is 0 Å². The highest BCUT2D eigenvalue weighted by Gasteiger charge is 2.30. The summed E-state index contributed by atoms with van der Waals surface area (Å²) >= 11 is 0. The van der Waals surface area contributed by atoms with Gasteiger partial charge in [-0.1, -0.05) is 41.5 Å². The maximum absolute atomic E-state index is 2.34. The number of aromatic nitrogens is 1. The molecule has 1 rings (SSSR count). The van der Waals surface area contributed by atoms with Crippen molar-refractivity contribution in [2.45, 2.75) is 53.9 Å². The SMILES string of the molecule is C[n+]1ccc(C(CC(C)(C)C)C(C)(C)C)cc1. The third kappa shape index (κ3) is 4.49. The summed E-state index contributed by atoms with van der Waals surface area (Å²) < 4.78 is 2.10. The molecule has 1 aromatic heterocycles. The van der Waals surface area contributed by atoms with Crippen LogP contribution in [0.1, 0.15) is 59.4 Å². The predicted molar refractivity (Wildman–Crippen MR) is 73.9 cm³/mol. The molecule has 0 spiro atoms. The van der Waals surface area contributed by atoms with Gasteiger partial charge in [0.05, 0.1) is 0 Å². The molecule has 0 fully saturated rings. The largest absolute Gasteiger partial charge is 0.208 e. The number of hydrogen-bond acceptors (Lipinski definition) is 0. The molecule has 0 aliphatic heterocycles. The van der Waals surface area contributed by atoms with Crippen LogP contribution in [0.3, 0.4) is 0 Å². The van der Waals surface area contributed by atoms with Crippen molar-refractivity contribution < 1.29 is 4.57 Å². The van der Waals surface area contributed by atoms with Gasteiger partial charge in [-0.05, 0) is 28.7 Å². The summed E-state index contributed by atoms with van der Waals surface area (Å²) in [6, 6.07) is 4.53. The van der Waals surface area contributed by atoms with Gasteiger partial charge in [-0.3, -0.25) is 0 Å². The molecule has 1 heteroatoms. The monoisotopic (exact) mass is 234 g/mol. The van der Waals surface area contributed by atoms with E-state index in [0.29, 0.717) is 16.7 Å². The van der Waals surface area contributed by atoms with Gasteiger partial charge < -0.3 is 0 Å². The van der Waals surface area contributed by atoms with Gasteiger partial charge >= 0.3 is 0 Å². The average Bonchev–Trinajstić information content (AvgIpc) is 2.13. The van der Waals surface area contributed by atoms with E-state index in [9.17, 15) is 0 Å². The smallest absolute Gasteiger partial charge is 0.168 e. The zero-order valence-electron chi connectivity index (χ0n) is 12.5. The molecule has 1 heterocycles. The molecule has 1 unspecified atom stereocenters. The maximum atomic E-state index is 2.34. The molecule has 1 atom stereocenters. The second kappa shape index (κ2) is 4.80. The lowest BCUT2D eigenvalue weighted by Gasteiger charge is -2.35. The molecule has 0 aromatic carbocycles.